The van der Waals surface area contributed by atoms with Gasteiger partial charge in [0, 0.05) is 14.3 Å². The maximum Gasteiger partial charge on any atom is 0.259 e. The lowest BCUT2D eigenvalue weighted by Gasteiger charge is -2.05. The Bertz CT molecular complexity index is 644. The van der Waals surface area contributed by atoms with E-state index in [0.717, 1.165) is 14.8 Å². The van der Waals surface area contributed by atoms with Crippen LogP contribution in [0.25, 0.3) is 0 Å². The van der Waals surface area contributed by atoms with E-state index in [4.69, 9.17) is 11.6 Å². The van der Waals surface area contributed by atoms with Crippen LogP contribution >= 0.6 is 34.2 Å². The lowest BCUT2D eigenvalue weighted by atomic mass is 10.2. The van der Waals surface area contributed by atoms with Crippen LogP contribution < -0.4 is 10.7 Å². The summed E-state index contributed by atoms with van der Waals surface area (Å²) in [5.41, 5.74) is 4.18. The van der Waals surface area contributed by atoms with Crippen molar-refractivity contribution in [2.45, 2.75) is 0 Å². The summed E-state index contributed by atoms with van der Waals surface area (Å²) in [5.74, 6) is -0.216. The minimum Gasteiger partial charge on any atom is -0.376 e. The molecule has 21 heavy (non-hydrogen) atoms. The van der Waals surface area contributed by atoms with Gasteiger partial charge in [-0.15, -0.1) is 0 Å². The van der Waals surface area contributed by atoms with Gasteiger partial charge in [0.1, 0.15) is 0 Å². The first-order chi connectivity index (χ1) is 10.1. The summed E-state index contributed by atoms with van der Waals surface area (Å²) in [5, 5.41) is 7.53. The van der Waals surface area contributed by atoms with E-state index < -0.39 is 0 Å². The fraction of sp³-hybridized carbons (Fsp3) is 0.0667. The predicted molar refractivity (Wildman–Crippen MR) is 94.8 cm³/mol. The maximum atomic E-state index is 11.6. The number of hydrogen-bond acceptors (Lipinski definition) is 3. The molecular formula is C15H13ClIN3O. The molecule has 0 heterocycles. The van der Waals surface area contributed by atoms with Crippen LogP contribution in [0.4, 0.5) is 5.69 Å². The number of rotatable bonds is 5. The Morgan fingerprint density at radius 3 is 2.71 bits per heavy atom. The van der Waals surface area contributed by atoms with Crippen LogP contribution in [-0.4, -0.2) is 18.7 Å². The van der Waals surface area contributed by atoms with Gasteiger partial charge in [-0.1, -0.05) is 23.7 Å². The van der Waals surface area contributed by atoms with Crippen LogP contribution in [0.2, 0.25) is 5.02 Å². The van der Waals surface area contributed by atoms with Crippen LogP contribution in [0, 0.1) is 3.57 Å². The molecule has 0 aromatic heterocycles. The average molecular weight is 414 g/mol. The van der Waals surface area contributed by atoms with Gasteiger partial charge in [-0.2, -0.15) is 5.10 Å². The number of nitrogens with zero attached hydrogens (tertiary/aromatic N) is 1. The fourth-order valence-electron chi connectivity index (χ4n) is 1.56. The van der Waals surface area contributed by atoms with Crippen molar-refractivity contribution < 1.29 is 4.79 Å². The Morgan fingerprint density at radius 1 is 1.24 bits per heavy atom. The first kappa shape index (κ1) is 15.8. The lowest BCUT2D eigenvalue weighted by molar-refractivity contribution is -0.119. The number of amides is 1. The van der Waals surface area contributed by atoms with Crippen molar-refractivity contribution in [3.05, 3.63) is 62.7 Å². The van der Waals surface area contributed by atoms with Gasteiger partial charge in [0.25, 0.3) is 5.91 Å². The summed E-state index contributed by atoms with van der Waals surface area (Å²) in [4.78, 5) is 11.6. The number of anilines is 1. The molecule has 2 N–H and O–H groups in total. The number of hydrazone groups is 1. The highest BCUT2D eigenvalue weighted by Crippen LogP contribution is 2.10. The first-order valence-electron chi connectivity index (χ1n) is 6.20. The molecule has 4 nitrogen and oxygen atoms in total. The van der Waals surface area contributed by atoms with Crippen molar-refractivity contribution in [1.82, 2.24) is 5.43 Å². The molecule has 0 aliphatic rings. The molecule has 0 aliphatic carbocycles. The highest BCUT2D eigenvalue weighted by atomic mass is 127. The van der Waals surface area contributed by atoms with Crippen molar-refractivity contribution in [2.75, 3.05) is 11.9 Å². The van der Waals surface area contributed by atoms with Gasteiger partial charge in [0.15, 0.2) is 0 Å². The second-order valence-electron chi connectivity index (χ2n) is 4.21. The second-order valence-corrected chi connectivity index (χ2v) is 5.89. The Kier molecular flexibility index (Phi) is 6.01. The molecule has 1 amide bonds. The van der Waals surface area contributed by atoms with Gasteiger partial charge in [-0.25, -0.2) is 5.43 Å². The number of halogens is 2. The summed E-state index contributed by atoms with van der Waals surface area (Å²) in [7, 11) is 0. The van der Waals surface area contributed by atoms with E-state index >= 15 is 0 Å². The molecule has 0 atom stereocenters. The van der Waals surface area contributed by atoms with Crippen molar-refractivity contribution in [3.8, 4) is 0 Å². The summed E-state index contributed by atoms with van der Waals surface area (Å²) >= 11 is 8.08. The van der Waals surface area contributed by atoms with Crippen LogP contribution in [0.15, 0.2) is 53.6 Å². The van der Waals surface area contributed by atoms with E-state index in [0.29, 0.717) is 5.02 Å². The smallest absolute Gasteiger partial charge is 0.259 e. The Labute approximate surface area is 141 Å². The SMILES string of the molecule is O=C(CNc1ccc(I)cc1)N/N=C/c1cccc(Cl)c1. The van der Waals surface area contributed by atoms with Gasteiger partial charge in [0.2, 0.25) is 0 Å². The average Bonchev–Trinajstić information content (AvgIpc) is 2.47. The van der Waals surface area contributed by atoms with Crippen molar-refractivity contribution in [1.29, 1.82) is 0 Å². The van der Waals surface area contributed by atoms with Crippen molar-refractivity contribution in [3.63, 3.8) is 0 Å². The van der Waals surface area contributed by atoms with E-state index in [1.165, 1.54) is 0 Å². The molecule has 0 spiro atoms. The second kappa shape index (κ2) is 7.99. The third-order valence-electron chi connectivity index (χ3n) is 2.55. The normalized spacial score (nSPS) is 10.6. The van der Waals surface area contributed by atoms with Gasteiger partial charge in [0.05, 0.1) is 12.8 Å². The monoisotopic (exact) mass is 413 g/mol. The fourth-order valence-corrected chi connectivity index (χ4v) is 2.11. The van der Waals surface area contributed by atoms with E-state index in [-0.39, 0.29) is 12.5 Å². The standard InChI is InChI=1S/C15H13ClIN3O/c16-12-3-1-2-11(8-12)9-19-20-15(21)10-18-14-6-4-13(17)5-7-14/h1-9,18H,10H2,(H,20,21)/b19-9+. The molecule has 2 aromatic carbocycles. The molecule has 0 radical (unpaired) electrons. The minimum absolute atomic E-state index is 0.160. The summed E-state index contributed by atoms with van der Waals surface area (Å²) < 4.78 is 1.15. The number of carbonyl (C=O) groups is 1. The summed E-state index contributed by atoms with van der Waals surface area (Å²) in [6.07, 6.45) is 1.55. The van der Waals surface area contributed by atoms with Crippen LogP contribution in [-0.2, 0) is 4.79 Å². The van der Waals surface area contributed by atoms with E-state index in [9.17, 15) is 4.79 Å². The van der Waals surface area contributed by atoms with Crippen LogP contribution in [0.3, 0.4) is 0 Å². The van der Waals surface area contributed by atoms with Crippen LogP contribution in [0.5, 0.6) is 0 Å². The van der Waals surface area contributed by atoms with Gasteiger partial charge >= 0.3 is 0 Å². The molecular weight excluding hydrogens is 401 g/mol. The zero-order chi connectivity index (χ0) is 15.1. The number of carbonyl (C=O) groups excluding carboxylic acids is 1. The largest absolute Gasteiger partial charge is 0.376 e. The molecule has 0 saturated carbocycles. The lowest BCUT2D eigenvalue weighted by Crippen LogP contribution is -2.25. The van der Waals surface area contributed by atoms with Crippen molar-refractivity contribution >= 4 is 52.0 Å². The third-order valence-corrected chi connectivity index (χ3v) is 3.50. The molecule has 0 aliphatic heterocycles. The predicted octanol–water partition coefficient (Wildman–Crippen LogP) is 3.51. The highest BCUT2D eigenvalue weighted by Gasteiger charge is 1.99. The highest BCUT2D eigenvalue weighted by molar-refractivity contribution is 14.1. The quantitative estimate of drug-likeness (QED) is 0.448. The maximum absolute atomic E-state index is 11.6. The molecule has 0 unspecified atom stereocenters. The van der Waals surface area contributed by atoms with Gasteiger partial charge < -0.3 is 5.32 Å². The zero-order valence-electron chi connectivity index (χ0n) is 11.0. The molecule has 2 aromatic rings. The van der Waals surface area contributed by atoms with E-state index in [2.05, 4.69) is 38.4 Å². The van der Waals surface area contributed by atoms with Gasteiger partial charge in [-0.05, 0) is 64.6 Å². The van der Waals surface area contributed by atoms with Crippen LogP contribution in [0.1, 0.15) is 5.56 Å². The molecule has 0 fully saturated rings. The zero-order valence-corrected chi connectivity index (χ0v) is 13.9. The number of benzene rings is 2. The summed E-state index contributed by atoms with van der Waals surface area (Å²) in [6.45, 7) is 0.160. The number of nitrogens with one attached hydrogen (secondary N) is 2. The third kappa shape index (κ3) is 5.73. The molecule has 0 bridgehead atoms. The number of hydrogen-bond donors (Lipinski definition) is 2. The minimum atomic E-state index is -0.216. The summed E-state index contributed by atoms with van der Waals surface area (Å²) in [6, 6.07) is 15.0. The van der Waals surface area contributed by atoms with E-state index in [1.54, 1.807) is 18.3 Å². The van der Waals surface area contributed by atoms with E-state index in [1.807, 2.05) is 36.4 Å². The molecule has 0 saturated heterocycles. The first-order valence-corrected chi connectivity index (χ1v) is 7.66. The Morgan fingerprint density at radius 2 is 2.00 bits per heavy atom. The molecule has 108 valence electrons. The molecule has 2 rings (SSSR count). The Hall–Kier alpha value is -1.60. The topological polar surface area (TPSA) is 53.5 Å². The van der Waals surface area contributed by atoms with Crippen molar-refractivity contribution in [2.24, 2.45) is 5.10 Å². The Balaban J connectivity index is 1.78. The molecule has 6 heteroatoms. The van der Waals surface area contributed by atoms with Gasteiger partial charge in [-0.3, -0.25) is 4.79 Å².